The molecule has 5 heteroatoms. The van der Waals surface area contributed by atoms with Gasteiger partial charge >= 0.3 is 0 Å². The predicted octanol–water partition coefficient (Wildman–Crippen LogP) is 4.09. The zero-order chi connectivity index (χ0) is 14.7. The molecule has 0 saturated heterocycles. The Morgan fingerprint density at radius 3 is 2.25 bits per heavy atom. The first-order chi connectivity index (χ1) is 9.47. The van der Waals surface area contributed by atoms with E-state index in [1.54, 1.807) is 6.92 Å². The lowest BCUT2D eigenvalue weighted by Crippen LogP contribution is -2.20. The summed E-state index contributed by atoms with van der Waals surface area (Å²) in [4.78, 5) is 0. The average molecular weight is 283 g/mol. The number of hydrogen-bond donors (Lipinski definition) is 1. The molecule has 0 amide bonds. The van der Waals surface area contributed by atoms with E-state index < -0.39 is 29.3 Å². The van der Waals surface area contributed by atoms with Gasteiger partial charge in [-0.15, -0.1) is 0 Å². The SMILES string of the molecule is CC(NCc1ccc(F)cc1F)c1cc(F)ccc1F. The van der Waals surface area contributed by atoms with Crippen molar-refractivity contribution < 1.29 is 17.6 Å². The Hall–Kier alpha value is -1.88. The van der Waals surface area contributed by atoms with E-state index in [-0.39, 0.29) is 17.7 Å². The third-order valence-corrected chi connectivity index (χ3v) is 3.04. The lowest BCUT2D eigenvalue weighted by atomic mass is 10.1. The van der Waals surface area contributed by atoms with E-state index in [0.29, 0.717) is 0 Å². The summed E-state index contributed by atoms with van der Waals surface area (Å²) in [7, 11) is 0. The van der Waals surface area contributed by atoms with Crippen molar-refractivity contribution in [1.29, 1.82) is 0 Å². The van der Waals surface area contributed by atoms with Crippen LogP contribution in [0.2, 0.25) is 0 Å². The van der Waals surface area contributed by atoms with Gasteiger partial charge in [-0.3, -0.25) is 0 Å². The van der Waals surface area contributed by atoms with E-state index in [1.807, 2.05) is 0 Å². The van der Waals surface area contributed by atoms with Crippen molar-refractivity contribution in [2.24, 2.45) is 0 Å². The maximum absolute atomic E-state index is 13.5. The van der Waals surface area contributed by atoms with Gasteiger partial charge in [-0.25, -0.2) is 17.6 Å². The van der Waals surface area contributed by atoms with Crippen LogP contribution in [0.15, 0.2) is 36.4 Å². The molecule has 0 spiro atoms. The summed E-state index contributed by atoms with van der Waals surface area (Å²) in [6.45, 7) is 1.72. The normalized spacial score (nSPS) is 12.4. The second-order valence-electron chi connectivity index (χ2n) is 4.50. The van der Waals surface area contributed by atoms with Crippen LogP contribution >= 0.6 is 0 Å². The Morgan fingerprint density at radius 2 is 1.55 bits per heavy atom. The molecule has 2 aromatic carbocycles. The topological polar surface area (TPSA) is 12.0 Å². The fourth-order valence-electron chi connectivity index (χ4n) is 1.88. The Kier molecular flexibility index (Phi) is 4.39. The lowest BCUT2D eigenvalue weighted by Gasteiger charge is -2.15. The fraction of sp³-hybridized carbons (Fsp3) is 0.200. The lowest BCUT2D eigenvalue weighted by molar-refractivity contribution is 0.505. The second kappa shape index (κ2) is 6.05. The first-order valence-corrected chi connectivity index (χ1v) is 6.09. The smallest absolute Gasteiger partial charge is 0.130 e. The van der Waals surface area contributed by atoms with Gasteiger partial charge in [0.1, 0.15) is 23.3 Å². The third-order valence-electron chi connectivity index (χ3n) is 3.04. The maximum atomic E-state index is 13.5. The molecule has 20 heavy (non-hydrogen) atoms. The van der Waals surface area contributed by atoms with E-state index in [2.05, 4.69) is 5.32 Å². The predicted molar refractivity (Wildman–Crippen MR) is 68.0 cm³/mol. The molecule has 0 aliphatic heterocycles. The molecule has 106 valence electrons. The molecule has 0 aliphatic carbocycles. The van der Waals surface area contributed by atoms with Gasteiger partial charge in [0.15, 0.2) is 0 Å². The number of hydrogen-bond acceptors (Lipinski definition) is 1. The van der Waals surface area contributed by atoms with Gasteiger partial charge in [-0.1, -0.05) is 6.07 Å². The minimum absolute atomic E-state index is 0.0865. The van der Waals surface area contributed by atoms with Crippen LogP contribution in [0.3, 0.4) is 0 Å². The summed E-state index contributed by atoms with van der Waals surface area (Å²) >= 11 is 0. The Morgan fingerprint density at radius 1 is 0.900 bits per heavy atom. The fourth-order valence-corrected chi connectivity index (χ4v) is 1.88. The standard InChI is InChI=1S/C15H13F4N/c1-9(13-6-11(16)4-5-14(13)18)20-8-10-2-3-12(17)7-15(10)19/h2-7,9,20H,8H2,1H3. The summed E-state index contributed by atoms with van der Waals surface area (Å²) in [5, 5.41) is 2.87. The van der Waals surface area contributed by atoms with Gasteiger partial charge in [0.05, 0.1) is 0 Å². The molecule has 0 fully saturated rings. The first kappa shape index (κ1) is 14.5. The summed E-state index contributed by atoms with van der Waals surface area (Å²) in [5.74, 6) is -2.41. The molecule has 2 rings (SSSR count). The average Bonchev–Trinajstić information content (AvgIpc) is 2.40. The van der Waals surface area contributed by atoms with E-state index in [9.17, 15) is 17.6 Å². The van der Waals surface area contributed by atoms with Crippen LogP contribution in [0.4, 0.5) is 17.6 Å². The van der Waals surface area contributed by atoms with Crippen LogP contribution in [0.25, 0.3) is 0 Å². The zero-order valence-corrected chi connectivity index (χ0v) is 10.8. The van der Waals surface area contributed by atoms with Gasteiger partial charge < -0.3 is 5.32 Å². The third kappa shape index (κ3) is 3.36. The van der Waals surface area contributed by atoms with Crippen molar-refractivity contribution in [1.82, 2.24) is 5.32 Å². The van der Waals surface area contributed by atoms with Gasteiger partial charge in [-0.05, 0) is 31.2 Å². The van der Waals surface area contributed by atoms with E-state index in [4.69, 9.17) is 0 Å². The number of nitrogens with one attached hydrogen (secondary N) is 1. The minimum Gasteiger partial charge on any atom is -0.306 e. The molecule has 0 saturated carbocycles. The largest absolute Gasteiger partial charge is 0.306 e. The molecule has 1 unspecified atom stereocenters. The highest BCUT2D eigenvalue weighted by Gasteiger charge is 2.12. The van der Waals surface area contributed by atoms with Gasteiger partial charge in [0, 0.05) is 29.8 Å². The van der Waals surface area contributed by atoms with E-state index in [0.717, 1.165) is 30.3 Å². The van der Waals surface area contributed by atoms with E-state index >= 15 is 0 Å². The number of halogens is 4. The quantitative estimate of drug-likeness (QED) is 0.833. The van der Waals surface area contributed by atoms with Crippen LogP contribution in [0.5, 0.6) is 0 Å². The molecule has 0 aliphatic rings. The van der Waals surface area contributed by atoms with Gasteiger partial charge in [0.2, 0.25) is 0 Å². The van der Waals surface area contributed by atoms with Crippen LogP contribution < -0.4 is 5.32 Å². The van der Waals surface area contributed by atoms with Crippen molar-refractivity contribution in [2.75, 3.05) is 0 Å². The Balaban J connectivity index is 2.08. The highest BCUT2D eigenvalue weighted by molar-refractivity contribution is 5.23. The molecule has 0 radical (unpaired) electrons. The maximum Gasteiger partial charge on any atom is 0.130 e. The second-order valence-corrected chi connectivity index (χ2v) is 4.50. The first-order valence-electron chi connectivity index (χ1n) is 6.09. The van der Waals surface area contributed by atoms with Crippen molar-refractivity contribution in [3.05, 3.63) is 70.8 Å². The van der Waals surface area contributed by atoms with Crippen LogP contribution in [-0.2, 0) is 6.54 Å². The zero-order valence-electron chi connectivity index (χ0n) is 10.8. The van der Waals surface area contributed by atoms with Crippen LogP contribution in [-0.4, -0.2) is 0 Å². The molecular formula is C15H13F4N. The monoisotopic (exact) mass is 283 g/mol. The Labute approximate surface area is 114 Å². The molecule has 1 nitrogen and oxygen atoms in total. The van der Waals surface area contributed by atoms with Crippen molar-refractivity contribution >= 4 is 0 Å². The highest BCUT2D eigenvalue weighted by Crippen LogP contribution is 2.19. The summed E-state index contributed by atoms with van der Waals surface area (Å²) in [6.07, 6.45) is 0. The molecule has 0 heterocycles. The van der Waals surface area contributed by atoms with E-state index in [1.165, 1.54) is 6.07 Å². The molecule has 1 N–H and O–H groups in total. The number of rotatable bonds is 4. The minimum atomic E-state index is -0.676. The highest BCUT2D eigenvalue weighted by atomic mass is 19.1. The molecule has 0 aromatic heterocycles. The molecule has 0 bridgehead atoms. The molecular weight excluding hydrogens is 270 g/mol. The van der Waals surface area contributed by atoms with Crippen molar-refractivity contribution in [3.8, 4) is 0 Å². The van der Waals surface area contributed by atoms with Crippen molar-refractivity contribution in [3.63, 3.8) is 0 Å². The summed E-state index contributed by atoms with van der Waals surface area (Å²) in [5.41, 5.74) is 0.419. The van der Waals surface area contributed by atoms with Crippen LogP contribution in [0, 0.1) is 23.3 Å². The number of benzene rings is 2. The van der Waals surface area contributed by atoms with Crippen LogP contribution in [0.1, 0.15) is 24.1 Å². The molecule has 2 aromatic rings. The van der Waals surface area contributed by atoms with Gasteiger partial charge in [-0.2, -0.15) is 0 Å². The Bertz CT molecular complexity index is 613. The summed E-state index contributed by atoms with van der Waals surface area (Å²) < 4.78 is 52.8. The van der Waals surface area contributed by atoms with Gasteiger partial charge in [0.25, 0.3) is 0 Å². The molecule has 1 atom stereocenters. The van der Waals surface area contributed by atoms with Crippen molar-refractivity contribution in [2.45, 2.75) is 19.5 Å². The summed E-state index contributed by atoms with van der Waals surface area (Å²) in [6, 6.07) is 5.90.